The maximum absolute atomic E-state index is 7.69. The zero-order valence-electron chi connectivity index (χ0n) is 27.8. The number of allylic oxidation sites excluding steroid dienone is 9. The van der Waals surface area contributed by atoms with Crippen molar-refractivity contribution in [1.29, 1.82) is 0 Å². The second kappa shape index (κ2) is 13.8. The molecule has 238 valence electrons. The first-order valence-electron chi connectivity index (χ1n) is 18.9. The lowest BCUT2D eigenvalue weighted by Crippen LogP contribution is -2.44. The van der Waals surface area contributed by atoms with Crippen LogP contribution in [0.1, 0.15) is 136 Å². The molecule has 0 saturated heterocycles. The van der Waals surface area contributed by atoms with E-state index < -0.39 is 0 Å². The Balaban J connectivity index is 1.26. The van der Waals surface area contributed by atoms with Crippen LogP contribution in [0.2, 0.25) is 0 Å². The van der Waals surface area contributed by atoms with Gasteiger partial charge in [-0.3, -0.25) is 0 Å². The molecule has 0 heterocycles. The molecule has 0 aliphatic heterocycles. The third kappa shape index (κ3) is 6.36. The van der Waals surface area contributed by atoms with E-state index in [9.17, 15) is 0 Å². The Bertz CT molecular complexity index is 1050. The second-order valence-electron chi connectivity index (χ2n) is 16.8. The molecule has 0 aromatic heterocycles. The van der Waals surface area contributed by atoms with Crippen molar-refractivity contribution in [1.82, 2.24) is 0 Å². The molecule has 0 N–H and O–H groups in total. The van der Waals surface area contributed by atoms with E-state index in [-0.39, 0.29) is 5.41 Å². The van der Waals surface area contributed by atoms with E-state index in [0.717, 1.165) is 35.5 Å². The Labute approximate surface area is 271 Å². The van der Waals surface area contributed by atoms with Gasteiger partial charge in [0.15, 0.2) is 0 Å². The molecular formula is C42H63Cl. The highest BCUT2D eigenvalue weighted by molar-refractivity contribution is 6.21. The van der Waals surface area contributed by atoms with Gasteiger partial charge in [-0.15, -0.1) is 18.2 Å². The highest BCUT2D eigenvalue weighted by Gasteiger charge is 2.56. The highest BCUT2D eigenvalue weighted by Crippen LogP contribution is 2.64. The summed E-state index contributed by atoms with van der Waals surface area (Å²) in [5.41, 5.74) is 0.912. The molecule has 10 unspecified atom stereocenters. The van der Waals surface area contributed by atoms with Crippen LogP contribution in [0.15, 0.2) is 61.3 Å². The van der Waals surface area contributed by atoms with Crippen LogP contribution in [0, 0.1) is 57.7 Å². The monoisotopic (exact) mass is 602 g/mol. The number of rotatable bonds is 9. The van der Waals surface area contributed by atoms with Gasteiger partial charge in [-0.2, -0.15) is 0 Å². The molecule has 0 radical (unpaired) electrons. The molecule has 0 aromatic rings. The van der Waals surface area contributed by atoms with Gasteiger partial charge in [0.25, 0.3) is 0 Å². The molecule has 0 aromatic carbocycles. The number of hydrogen-bond donors (Lipinski definition) is 0. The minimum Gasteiger partial charge on any atom is -0.122 e. The maximum Gasteiger partial charge on any atom is 0.0443 e. The summed E-state index contributed by atoms with van der Waals surface area (Å²) in [5.74, 6) is 5.59. The van der Waals surface area contributed by atoms with Gasteiger partial charge < -0.3 is 0 Å². The second-order valence-corrected chi connectivity index (χ2v) is 17.3. The van der Waals surface area contributed by atoms with Gasteiger partial charge >= 0.3 is 0 Å². The summed E-state index contributed by atoms with van der Waals surface area (Å²) in [4.78, 5) is 0. The van der Waals surface area contributed by atoms with Crippen LogP contribution in [0.5, 0.6) is 0 Å². The van der Waals surface area contributed by atoms with E-state index >= 15 is 0 Å². The lowest BCUT2D eigenvalue weighted by molar-refractivity contribution is 0.0640. The number of hydrogen-bond acceptors (Lipinski definition) is 0. The van der Waals surface area contributed by atoms with Crippen LogP contribution >= 0.6 is 11.6 Å². The predicted octanol–water partition coefficient (Wildman–Crippen LogP) is 12.8. The van der Waals surface area contributed by atoms with E-state index in [1.807, 2.05) is 0 Å². The first-order valence-corrected chi connectivity index (χ1v) is 19.3. The first kappa shape index (κ1) is 32.0. The molecule has 1 heteroatoms. The molecule has 4 saturated carbocycles. The van der Waals surface area contributed by atoms with Gasteiger partial charge in [-0.1, -0.05) is 107 Å². The van der Waals surface area contributed by atoms with Crippen LogP contribution in [-0.2, 0) is 0 Å². The van der Waals surface area contributed by atoms with Crippen molar-refractivity contribution in [3.05, 3.63) is 61.3 Å². The number of halogens is 1. The smallest absolute Gasteiger partial charge is 0.0443 e. The standard InChI is InChI=1S/C42H63Cl/c1-4-5-16-34-31-36(24-23-33-22-21-32-17-9-10-19-37(32)33)42(29-15-11-20-38(34)42)35-18-8-6-12-28-41(3,30-25-35)39(43)40(2)26-13-7-14-27-40/h4,9-11,15,17,19-20,29,32-39H,1,5-8,12-14,16,18,21-28,30-31H2,2-3H3. The van der Waals surface area contributed by atoms with E-state index in [0.29, 0.717) is 22.1 Å². The summed E-state index contributed by atoms with van der Waals surface area (Å²) in [6.07, 6.45) is 48.2. The lowest BCUT2D eigenvalue weighted by atomic mass is 9.56. The van der Waals surface area contributed by atoms with E-state index in [1.54, 1.807) is 0 Å². The average molecular weight is 603 g/mol. The Morgan fingerprint density at radius 2 is 1.47 bits per heavy atom. The molecule has 0 bridgehead atoms. The topological polar surface area (TPSA) is 0 Å². The Hall–Kier alpha value is -1.01. The third-order valence-corrected chi connectivity index (χ3v) is 15.4. The largest absolute Gasteiger partial charge is 0.122 e. The fourth-order valence-corrected chi connectivity index (χ4v) is 12.4. The van der Waals surface area contributed by atoms with Crippen molar-refractivity contribution in [2.45, 2.75) is 141 Å². The number of fused-ring (bicyclic) bond motifs is 2. The van der Waals surface area contributed by atoms with Gasteiger partial charge in [0.2, 0.25) is 0 Å². The quantitative estimate of drug-likeness (QED) is 0.182. The molecule has 4 fully saturated rings. The van der Waals surface area contributed by atoms with Crippen LogP contribution in [0.25, 0.3) is 0 Å². The van der Waals surface area contributed by atoms with Crippen molar-refractivity contribution in [3.63, 3.8) is 0 Å². The fraction of sp³-hybridized carbons (Fsp3) is 0.762. The summed E-state index contributed by atoms with van der Waals surface area (Å²) in [6, 6.07) is 0. The summed E-state index contributed by atoms with van der Waals surface area (Å²) in [7, 11) is 0. The Morgan fingerprint density at radius 3 is 2.26 bits per heavy atom. The van der Waals surface area contributed by atoms with Crippen LogP contribution < -0.4 is 0 Å². The molecule has 10 atom stereocenters. The minimum absolute atomic E-state index is 0.257. The van der Waals surface area contributed by atoms with E-state index in [2.05, 4.69) is 75.1 Å². The molecule has 6 aliphatic carbocycles. The van der Waals surface area contributed by atoms with Crippen LogP contribution in [0.3, 0.4) is 0 Å². The molecule has 6 aliphatic rings. The predicted molar refractivity (Wildman–Crippen MR) is 187 cm³/mol. The Kier molecular flexibility index (Phi) is 10.2. The molecule has 0 spiro atoms. The third-order valence-electron chi connectivity index (χ3n) is 14.3. The van der Waals surface area contributed by atoms with Crippen molar-refractivity contribution in [3.8, 4) is 0 Å². The van der Waals surface area contributed by atoms with Crippen molar-refractivity contribution in [2.24, 2.45) is 57.7 Å². The summed E-state index contributed by atoms with van der Waals surface area (Å²) < 4.78 is 0. The number of alkyl halides is 1. The van der Waals surface area contributed by atoms with Gasteiger partial charge in [0, 0.05) is 10.8 Å². The van der Waals surface area contributed by atoms with Crippen LogP contribution in [-0.4, -0.2) is 5.38 Å². The molecule has 6 rings (SSSR count). The zero-order chi connectivity index (χ0) is 29.9. The van der Waals surface area contributed by atoms with Gasteiger partial charge in [0.05, 0.1) is 0 Å². The van der Waals surface area contributed by atoms with Crippen molar-refractivity contribution < 1.29 is 0 Å². The highest BCUT2D eigenvalue weighted by atomic mass is 35.5. The van der Waals surface area contributed by atoms with Crippen molar-refractivity contribution >= 4 is 11.6 Å². The zero-order valence-corrected chi connectivity index (χ0v) is 28.6. The maximum atomic E-state index is 7.69. The summed E-state index contributed by atoms with van der Waals surface area (Å²) in [5, 5.41) is 0.307. The molecule has 0 nitrogen and oxygen atoms in total. The molecule has 0 amide bonds. The SMILES string of the molecule is C=CCCC1CC(CCC2CCC3C=CC=CC32)C2(C3CCCCCC(C)(C(Cl)C4(C)CCCCC4)CC3)C=CC=CC12. The summed E-state index contributed by atoms with van der Waals surface area (Å²) in [6.45, 7) is 9.29. The van der Waals surface area contributed by atoms with Crippen molar-refractivity contribution in [2.75, 3.05) is 0 Å². The van der Waals surface area contributed by atoms with Gasteiger partial charge in [-0.25, -0.2) is 0 Å². The lowest BCUT2D eigenvalue weighted by Gasteiger charge is -2.49. The van der Waals surface area contributed by atoms with E-state index in [1.165, 1.54) is 122 Å². The first-order chi connectivity index (χ1) is 20.9. The van der Waals surface area contributed by atoms with Gasteiger partial charge in [-0.05, 0) is 136 Å². The Morgan fingerprint density at radius 1 is 0.744 bits per heavy atom. The normalized spacial score (nSPS) is 42.9. The van der Waals surface area contributed by atoms with E-state index in [4.69, 9.17) is 11.6 Å². The van der Waals surface area contributed by atoms with Crippen LogP contribution in [0.4, 0.5) is 0 Å². The fourth-order valence-electron chi connectivity index (χ4n) is 12.0. The molecule has 43 heavy (non-hydrogen) atoms. The van der Waals surface area contributed by atoms with Gasteiger partial charge in [0.1, 0.15) is 0 Å². The molecular weight excluding hydrogens is 540 g/mol. The average Bonchev–Trinajstić information content (AvgIpc) is 3.61. The minimum atomic E-state index is 0.257. The summed E-state index contributed by atoms with van der Waals surface area (Å²) >= 11 is 7.69.